The number of aromatic nitrogens is 1. The third-order valence-electron chi connectivity index (χ3n) is 4.53. The number of aryl methyl sites for hydroxylation is 1. The van der Waals surface area contributed by atoms with E-state index in [0.717, 1.165) is 16.8 Å². The number of fused-ring (bicyclic) bond motifs is 1. The molecule has 1 unspecified atom stereocenters. The highest BCUT2D eigenvalue weighted by Gasteiger charge is 2.23. The predicted octanol–water partition coefficient (Wildman–Crippen LogP) is 2.85. The molecule has 0 spiro atoms. The maximum absolute atomic E-state index is 11.7. The van der Waals surface area contributed by atoms with Crippen LogP contribution in [0.2, 0.25) is 0 Å². The van der Waals surface area contributed by atoms with Crippen LogP contribution in [-0.4, -0.2) is 40.0 Å². The highest BCUT2D eigenvalue weighted by molar-refractivity contribution is 7.84. The Morgan fingerprint density at radius 1 is 1.45 bits per heavy atom. The van der Waals surface area contributed by atoms with Crippen LogP contribution in [0.15, 0.2) is 23.1 Å². The summed E-state index contributed by atoms with van der Waals surface area (Å²) in [6, 6.07) is 6.75. The summed E-state index contributed by atoms with van der Waals surface area (Å²) in [6.45, 7) is 3.35. The van der Waals surface area contributed by atoms with Gasteiger partial charge in [-0.2, -0.15) is 0 Å². The van der Waals surface area contributed by atoms with E-state index in [4.69, 9.17) is 0 Å². The maximum atomic E-state index is 11.7. The zero-order valence-electron chi connectivity index (χ0n) is 12.4. The van der Waals surface area contributed by atoms with Crippen LogP contribution in [0.1, 0.15) is 24.1 Å². The van der Waals surface area contributed by atoms with Crippen molar-refractivity contribution in [2.75, 3.05) is 19.8 Å². The summed E-state index contributed by atoms with van der Waals surface area (Å²) < 4.78 is 11.7. The monoisotopic (exact) mass is 290 g/mol. The summed E-state index contributed by atoms with van der Waals surface area (Å²) in [5.74, 6) is 0. The largest absolute Gasteiger partial charge is 0.358 e. The topological polar surface area (TPSA) is 36.1 Å². The normalized spacial score (nSPS) is 21.6. The molecule has 0 amide bonds. The molecule has 3 rings (SSSR count). The fourth-order valence-electron chi connectivity index (χ4n) is 3.28. The van der Waals surface area contributed by atoms with E-state index in [1.54, 1.807) is 6.26 Å². The standard InChI is InChI=1S/C16H22N2OS/c1-11-14(9-12-5-4-8-18(12)2)15-10-13(20(3)19)6-7-16(15)17-11/h6-7,10,12,17H,4-5,8-9H2,1-3H3/t12-,20?/m1/s1. The first-order valence-corrected chi connectivity index (χ1v) is 8.77. The third kappa shape index (κ3) is 2.42. The summed E-state index contributed by atoms with van der Waals surface area (Å²) in [7, 11) is 1.30. The van der Waals surface area contributed by atoms with E-state index in [1.807, 2.05) is 6.07 Å². The quantitative estimate of drug-likeness (QED) is 0.943. The first kappa shape index (κ1) is 13.8. The Bertz CT molecular complexity index is 662. The second-order valence-electron chi connectivity index (χ2n) is 5.87. The van der Waals surface area contributed by atoms with Crippen LogP contribution in [-0.2, 0) is 17.2 Å². The number of nitrogens with zero attached hydrogens (tertiary/aromatic N) is 1. The minimum atomic E-state index is -0.919. The second kappa shape index (κ2) is 5.34. The molecule has 0 bridgehead atoms. The Kier molecular flexibility index (Phi) is 3.69. The van der Waals surface area contributed by atoms with Gasteiger partial charge in [0.05, 0.1) is 0 Å². The molecule has 1 aromatic carbocycles. The summed E-state index contributed by atoms with van der Waals surface area (Å²) in [4.78, 5) is 6.84. The van der Waals surface area contributed by atoms with E-state index in [-0.39, 0.29) is 0 Å². The molecule has 3 nitrogen and oxygen atoms in total. The number of likely N-dealkylation sites (N-methyl/N-ethyl adjacent to an activating group) is 1. The van der Waals surface area contributed by atoms with Gasteiger partial charge in [-0.1, -0.05) is 0 Å². The van der Waals surface area contributed by atoms with Crippen molar-refractivity contribution in [3.05, 3.63) is 29.5 Å². The SMILES string of the molecule is Cc1[nH]c2ccc(S(C)=O)cc2c1C[C@H]1CCCN1C. The highest BCUT2D eigenvalue weighted by atomic mass is 32.2. The van der Waals surface area contributed by atoms with Crippen molar-refractivity contribution >= 4 is 21.7 Å². The average Bonchev–Trinajstić information content (AvgIpc) is 2.94. The lowest BCUT2D eigenvalue weighted by molar-refractivity contribution is 0.309. The van der Waals surface area contributed by atoms with Crippen molar-refractivity contribution in [3.8, 4) is 0 Å². The molecule has 2 aromatic rings. The minimum Gasteiger partial charge on any atom is -0.358 e. The van der Waals surface area contributed by atoms with Crippen molar-refractivity contribution in [1.29, 1.82) is 0 Å². The van der Waals surface area contributed by atoms with Gasteiger partial charge >= 0.3 is 0 Å². The molecule has 1 fully saturated rings. The van der Waals surface area contributed by atoms with Gasteiger partial charge in [0, 0.05) is 44.6 Å². The lowest BCUT2D eigenvalue weighted by atomic mass is 10.0. The summed E-state index contributed by atoms with van der Waals surface area (Å²) >= 11 is 0. The molecular formula is C16H22N2OS. The number of hydrogen-bond donors (Lipinski definition) is 1. The second-order valence-corrected chi connectivity index (χ2v) is 7.25. The van der Waals surface area contributed by atoms with Crippen molar-refractivity contribution in [1.82, 2.24) is 9.88 Å². The molecule has 20 heavy (non-hydrogen) atoms. The van der Waals surface area contributed by atoms with E-state index in [9.17, 15) is 4.21 Å². The van der Waals surface area contributed by atoms with Gasteiger partial charge in [0.2, 0.25) is 0 Å². The molecule has 1 aliphatic heterocycles. The minimum absolute atomic E-state index is 0.642. The fraction of sp³-hybridized carbons (Fsp3) is 0.500. The summed E-state index contributed by atoms with van der Waals surface area (Å²) in [5, 5.41) is 1.25. The molecule has 0 radical (unpaired) electrons. The van der Waals surface area contributed by atoms with Crippen LogP contribution in [0.3, 0.4) is 0 Å². The molecule has 1 aliphatic rings. The van der Waals surface area contributed by atoms with Crippen LogP contribution in [0.4, 0.5) is 0 Å². The lowest BCUT2D eigenvalue weighted by Gasteiger charge is -2.19. The predicted molar refractivity (Wildman–Crippen MR) is 84.7 cm³/mol. The number of H-pyrrole nitrogens is 1. The maximum Gasteiger partial charge on any atom is 0.0498 e. The van der Waals surface area contributed by atoms with Crippen molar-refractivity contribution < 1.29 is 4.21 Å². The number of benzene rings is 1. The van der Waals surface area contributed by atoms with Crippen LogP contribution >= 0.6 is 0 Å². The number of nitrogens with one attached hydrogen (secondary N) is 1. The molecule has 108 valence electrons. The Hall–Kier alpha value is -1.13. The van der Waals surface area contributed by atoms with Crippen LogP contribution in [0.5, 0.6) is 0 Å². The first-order chi connectivity index (χ1) is 9.56. The molecule has 2 atom stereocenters. The first-order valence-electron chi connectivity index (χ1n) is 7.21. The van der Waals surface area contributed by atoms with Gasteiger partial charge in [-0.15, -0.1) is 0 Å². The fourth-order valence-corrected chi connectivity index (χ4v) is 3.82. The molecule has 2 heterocycles. The van der Waals surface area contributed by atoms with E-state index >= 15 is 0 Å². The highest BCUT2D eigenvalue weighted by Crippen LogP contribution is 2.28. The third-order valence-corrected chi connectivity index (χ3v) is 5.45. The smallest absolute Gasteiger partial charge is 0.0498 e. The van der Waals surface area contributed by atoms with Crippen LogP contribution < -0.4 is 0 Å². The average molecular weight is 290 g/mol. The van der Waals surface area contributed by atoms with Gasteiger partial charge < -0.3 is 9.88 Å². The Morgan fingerprint density at radius 3 is 2.90 bits per heavy atom. The van der Waals surface area contributed by atoms with Crippen LogP contribution in [0.25, 0.3) is 10.9 Å². The molecule has 4 heteroatoms. The van der Waals surface area contributed by atoms with Gasteiger partial charge in [-0.25, -0.2) is 0 Å². The lowest BCUT2D eigenvalue weighted by Crippen LogP contribution is -2.26. The molecule has 1 N–H and O–H groups in total. The molecular weight excluding hydrogens is 268 g/mol. The van der Waals surface area contributed by atoms with Gasteiger partial charge in [0.25, 0.3) is 0 Å². The Morgan fingerprint density at radius 2 is 2.25 bits per heavy atom. The van der Waals surface area contributed by atoms with Gasteiger partial charge in [0.1, 0.15) is 0 Å². The molecule has 1 aromatic heterocycles. The number of hydrogen-bond acceptors (Lipinski definition) is 2. The zero-order chi connectivity index (χ0) is 14.3. The van der Waals surface area contributed by atoms with Gasteiger partial charge in [-0.3, -0.25) is 4.21 Å². The van der Waals surface area contributed by atoms with E-state index in [1.165, 1.54) is 36.0 Å². The Labute approximate surface area is 122 Å². The van der Waals surface area contributed by atoms with Crippen molar-refractivity contribution in [2.24, 2.45) is 0 Å². The van der Waals surface area contributed by atoms with Crippen molar-refractivity contribution in [3.63, 3.8) is 0 Å². The van der Waals surface area contributed by atoms with E-state index in [0.29, 0.717) is 6.04 Å². The molecule has 0 aliphatic carbocycles. The summed E-state index contributed by atoms with van der Waals surface area (Å²) in [5.41, 5.74) is 3.80. The number of aromatic amines is 1. The van der Waals surface area contributed by atoms with Crippen LogP contribution in [0, 0.1) is 6.92 Å². The molecule has 1 saturated heterocycles. The van der Waals surface area contributed by atoms with E-state index in [2.05, 4.69) is 36.0 Å². The zero-order valence-corrected chi connectivity index (χ0v) is 13.2. The number of likely N-dealkylation sites (tertiary alicyclic amines) is 1. The van der Waals surface area contributed by atoms with Gasteiger partial charge in [-0.05, 0) is 63.5 Å². The summed E-state index contributed by atoms with van der Waals surface area (Å²) in [6.07, 6.45) is 5.40. The molecule has 0 saturated carbocycles. The van der Waals surface area contributed by atoms with E-state index < -0.39 is 10.8 Å². The number of rotatable bonds is 3. The van der Waals surface area contributed by atoms with Gasteiger partial charge in [0.15, 0.2) is 0 Å². The van der Waals surface area contributed by atoms with Crippen molar-refractivity contribution in [2.45, 2.75) is 37.1 Å². The Balaban J connectivity index is 2.02.